The van der Waals surface area contributed by atoms with Gasteiger partial charge in [0.1, 0.15) is 5.75 Å². The van der Waals surface area contributed by atoms with E-state index in [0.29, 0.717) is 12.3 Å². The third-order valence-electron chi connectivity index (χ3n) is 5.31. The van der Waals surface area contributed by atoms with Crippen LogP contribution in [0.25, 0.3) is 10.9 Å². The lowest BCUT2D eigenvalue weighted by Gasteiger charge is -2.17. The van der Waals surface area contributed by atoms with Crippen LogP contribution in [0.5, 0.6) is 5.75 Å². The Hall–Kier alpha value is -3.81. The number of ether oxygens (including phenoxy) is 1. The Morgan fingerprint density at radius 3 is 2.68 bits per heavy atom. The number of hydrogen-bond donors (Lipinski definition) is 3. The summed E-state index contributed by atoms with van der Waals surface area (Å²) in [7, 11) is 0. The van der Waals surface area contributed by atoms with Gasteiger partial charge in [-0.05, 0) is 42.8 Å². The molecule has 0 aliphatic carbocycles. The Morgan fingerprint density at radius 2 is 1.90 bits per heavy atom. The molecule has 160 valence electrons. The van der Waals surface area contributed by atoms with E-state index in [-0.39, 0.29) is 37.1 Å². The topological polar surface area (TPSA) is 104 Å². The van der Waals surface area contributed by atoms with Crippen LogP contribution in [-0.4, -0.2) is 35.9 Å². The number of carbonyl (C=O) groups is 3. The highest BCUT2D eigenvalue weighted by Crippen LogP contribution is 2.27. The van der Waals surface area contributed by atoms with E-state index in [4.69, 9.17) is 4.74 Å². The lowest BCUT2D eigenvalue weighted by atomic mass is 10.1. The number of rotatable bonds is 6. The van der Waals surface area contributed by atoms with E-state index in [2.05, 4.69) is 15.8 Å². The smallest absolute Gasteiger partial charge is 0.243 e. The number of fused-ring (bicyclic) bond motifs is 1. The number of H-pyrrole nitrogens is 1. The number of carbonyl (C=O) groups excluding carboxylic acids is 3. The van der Waals surface area contributed by atoms with Crippen molar-refractivity contribution in [1.82, 2.24) is 15.8 Å². The summed E-state index contributed by atoms with van der Waals surface area (Å²) >= 11 is 0. The van der Waals surface area contributed by atoms with E-state index in [1.807, 2.05) is 31.2 Å². The van der Waals surface area contributed by atoms with Crippen LogP contribution >= 0.6 is 0 Å². The number of nitrogens with one attached hydrogen (secondary N) is 3. The van der Waals surface area contributed by atoms with Crippen LogP contribution in [0.1, 0.15) is 18.9 Å². The number of amides is 3. The van der Waals surface area contributed by atoms with Gasteiger partial charge in [-0.25, -0.2) is 0 Å². The monoisotopic (exact) mass is 420 g/mol. The highest BCUT2D eigenvalue weighted by molar-refractivity contribution is 6.00. The summed E-state index contributed by atoms with van der Waals surface area (Å²) in [5.41, 5.74) is 7.42. The van der Waals surface area contributed by atoms with Crippen LogP contribution < -0.4 is 20.5 Å². The number of aromatic amines is 1. The first-order chi connectivity index (χ1) is 15.0. The van der Waals surface area contributed by atoms with Crippen molar-refractivity contribution in [1.29, 1.82) is 0 Å². The highest BCUT2D eigenvalue weighted by atomic mass is 16.5. The fourth-order valence-corrected chi connectivity index (χ4v) is 3.75. The maximum absolute atomic E-state index is 12.5. The van der Waals surface area contributed by atoms with E-state index in [1.54, 1.807) is 35.4 Å². The maximum atomic E-state index is 12.5. The first kappa shape index (κ1) is 20.5. The van der Waals surface area contributed by atoms with Gasteiger partial charge in [0, 0.05) is 35.8 Å². The number of hydrazine groups is 1. The molecule has 31 heavy (non-hydrogen) atoms. The van der Waals surface area contributed by atoms with Gasteiger partial charge in [-0.2, -0.15) is 0 Å². The van der Waals surface area contributed by atoms with Crippen LogP contribution in [0, 0.1) is 5.92 Å². The molecule has 8 nitrogen and oxygen atoms in total. The Balaban J connectivity index is 1.30. The van der Waals surface area contributed by atoms with Crippen LogP contribution in [0.3, 0.4) is 0 Å². The second-order valence-electron chi connectivity index (χ2n) is 7.41. The summed E-state index contributed by atoms with van der Waals surface area (Å²) in [5.74, 6) is -0.646. The highest BCUT2D eigenvalue weighted by Gasteiger charge is 2.35. The molecule has 0 bridgehead atoms. The Labute approximate surface area is 179 Å². The van der Waals surface area contributed by atoms with E-state index in [0.717, 1.165) is 22.2 Å². The predicted octanol–water partition coefficient (Wildman–Crippen LogP) is 2.31. The van der Waals surface area contributed by atoms with Crippen molar-refractivity contribution < 1.29 is 19.1 Å². The number of aromatic nitrogens is 1. The second-order valence-corrected chi connectivity index (χ2v) is 7.41. The van der Waals surface area contributed by atoms with E-state index >= 15 is 0 Å². The van der Waals surface area contributed by atoms with Gasteiger partial charge in [0.2, 0.25) is 17.7 Å². The number of anilines is 1. The van der Waals surface area contributed by atoms with Crippen molar-refractivity contribution in [2.45, 2.75) is 19.8 Å². The van der Waals surface area contributed by atoms with Crippen molar-refractivity contribution in [3.8, 4) is 5.75 Å². The fraction of sp³-hybridized carbons (Fsp3) is 0.261. The van der Waals surface area contributed by atoms with Crippen molar-refractivity contribution >= 4 is 34.3 Å². The minimum atomic E-state index is -0.535. The molecule has 3 amide bonds. The number of hydrogen-bond acceptors (Lipinski definition) is 4. The molecular formula is C23H24N4O4. The summed E-state index contributed by atoms with van der Waals surface area (Å²) in [6.45, 7) is 2.73. The molecule has 1 fully saturated rings. The van der Waals surface area contributed by atoms with Crippen molar-refractivity contribution in [3.63, 3.8) is 0 Å². The van der Waals surface area contributed by atoms with Gasteiger partial charge >= 0.3 is 0 Å². The average molecular weight is 420 g/mol. The molecule has 2 aromatic carbocycles. The summed E-state index contributed by atoms with van der Waals surface area (Å²) < 4.78 is 5.42. The van der Waals surface area contributed by atoms with Gasteiger partial charge < -0.3 is 14.6 Å². The van der Waals surface area contributed by atoms with Crippen LogP contribution in [0.4, 0.5) is 5.69 Å². The molecule has 1 aliphatic rings. The minimum Gasteiger partial charge on any atom is -0.494 e. The normalized spacial score (nSPS) is 15.8. The quantitative estimate of drug-likeness (QED) is 0.533. The molecule has 3 N–H and O–H groups in total. The van der Waals surface area contributed by atoms with Gasteiger partial charge in [0.25, 0.3) is 0 Å². The van der Waals surface area contributed by atoms with Crippen molar-refractivity contribution in [2.24, 2.45) is 5.92 Å². The predicted molar refractivity (Wildman–Crippen MR) is 116 cm³/mol. The SMILES string of the molecule is CCOc1ccc(N2C[C@H](C(=O)NNC(=O)Cc3c[nH]c4ccccc34)CC2=O)cc1. The first-order valence-corrected chi connectivity index (χ1v) is 10.2. The van der Waals surface area contributed by atoms with Crippen LogP contribution in [0.2, 0.25) is 0 Å². The largest absolute Gasteiger partial charge is 0.494 e. The van der Waals surface area contributed by atoms with Gasteiger partial charge in [-0.15, -0.1) is 0 Å². The lowest BCUT2D eigenvalue weighted by Crippen LogP contribution is -2.45. The molecule has 2 heterocycles. The summed E-state index contributed by atoms with van der Waals surface area (Å²) in [5, 5.41) is 0.969. The van der Waals surface area contributed by atoms with Crippen molar-refractivity contribution in [3.05, 3.63) is 60.3 Å². The summed E-state index contributed by atoms with van der Waals surface area (Å²) in [4.78, 5) is 41.9. The van der Waals surface area contributed by atoms with Crippen LogP contribution in [-0.2, 0) is 20.8 Å². The Morgan fingerprint density at radius 1 is 1.13 bits per heavy atom. The van der Waals surface area contributed by atoms with E-state index < -0.39 is 5.92 Å². The maximum Gasteiger partial charge on any atom is 0.243 e. The molecule has 8 heteroatoms. The van der Waals surface area contributed by atoms with E-state index in [1.165, 1.54) is 0 Å². The number of nitrogens with zero attached hydrogens (tertiary/aromatic N) is 1. The molecule has 1 saturated heterocycles. The molecule has 1 aromatic heterocycles. The molecule has 1 atom stereocenters. The molecule has 0 saturated carbocycles. The molecule has 1 aliphatic heterocycles. The fourth-order valence-electron chi connectivity index (χ4n) is 3.75. The third kappa shape index (κ3) is 4.53. The molecule has 0 radical (unpaired) electrons. The van der Waals surface area contributed by atoms with Gasteiger partial charge in [-0.1, -0.05) is 18.2 Å². The number of para-hydroxylation sites is 1. The molecule has 0 spiro atoms. The first-order valence-electron chi connectivity index (χ1n) is 10.2. The average Bonchev–Trinajstić information content (AvgIpc) is 3.37. The zero-order valence-electron chi connectivity index (χ0n) is 17.2. The zero-order chi connectivity index (χ0) is 21.8. The second kappa shape index (κ2) is 8.91. The third-order valence-corrected chi connectivity index (χ3v) is 5.31. The lowest BCUT2D eigenvalue weighted by molar-refractivity contribution is -0.131. The van der Waals surface area contributed by atoms with E-state index in [9.17, 15) is 14.4 Å². The summed E-state index contributed by atoms with van der Waals surface area (Å²) in [6.07, 6.45) is 2.01. The Bertz CT molecular complexity index is 1110. The van der Waals surface area contributed by atoms with Crippen molar-refractivity contribution in [2.75, 3.05) is 18.1 Å². The van der Waals surface area contributed by atoms with Gasteiger partial charge in [0.15, 0.2) is 0 Å². The standard InChI is InChI=1S/C23H24N4O4/c1-2-31-18-9-7-17(8-10-18)27-14-16(12-22(27)29)23(30)26-25-21(28)11-15-13-24-20-6-4-3-5-19(15)20/h3-10,13,16,24H,2,11-12,14H2,1H3,(H,25,28)(H,26,30)/t16-/m1/s1. The van der Waals surface area contributed by atoms with Gasteiger partial charge in [-0.3, -0.25) is 25.2 Å². The van der Waals surface area contributed by atoms with Gasteiger partial charge in [0.05, 0.1) is 18.9 Å². The molecule has 4 rings (SSSR count). The number of benzene rings is 2. The minimum absolute atomic E-state index is 0.0946. The Kier molecular flexibility index (Phi) is 5.88. The zero-order valence-corrected chi connectivity index (χ0v) is 17.2. The molecule has 3 aromatic rings. The molecule has 0 unspecified atom stereocenters. The van der Waals surface area contributed by atoms with Crippen LogP contribution in [0.15, 0.2) is 54.7 Å². The summed E-state index contributed by atoms with van der Waals surface area (Å²) in [6, 6.07) is 14.9. The molecular weight excluding hydrogens is 396 g/mol.